The Bertz CT molecular complexity index is 454. The van der Waals surface area contributed by atoms with Gasteiger partial charge in [0.25, 0.3) is 5.91 Å². The van der Waals surface area contributed by atoms with Gasteiger partial charge in [0.05, 0.1) is 10.6 Å². The molecule has 1 atom stereocenters. The predicted octanol–water partition coefficient (Wildman–Crippen LogP) is 3.77. The van der Waals surface area contributed by atoms with Crippen LogP contribution in [-0.4, -0.2) is 17.3 Å². The van der Waals surface area contributed by atoms with Crippen LogP contribution in [0.25, 0.3) is 0 Å². The highest BCUT2D eigenvalue weighted by Crippen LogP contribution is 2.19. The molecule has 0 aliphatic carbocycles. The van der Waals surface area contributed by atoms with Crippen LogP contribution in [-0.2, 0) is 0 Å². The monoisotopic (exact) mass is 339 g/mol. The van der Waals surface area contributed by atoms with Gasteiger partial charge in [0.15, 0.2) is 0 Å². The Morgan fingerprint density at radius 3 is 2.56 bits per heavy atom. The third kappa shape index (κ3) is 3.92. The first-order valence-corrected chi connectivity index (χ1v) is 6.69. The second-order valence-electron chi connectivity index (χ2n) is 4.22. The van der Waals surface area contributed by atoms with Gasteiger partial charge < -0.3 is 5.32 Å². The number of benzene rings is 1. The van der Waals surface area contributed by atoms with Gasteiger partial charge in [-0.1, -0.05) is 41.4 Å². The van der Waals surface area contributed by atoms with E-state index in [2.05, 4.69) is 21.2 Å². The number of rotatable bonds is 4. The maximum Gasteiger partial charge on any atom is 0.254 e. The molecule has 0 heterocycles. The van der Waals surface area contributed by atoms with Crippen LogP contribution < -0.4 is 5.32 Å². The first-order valence-electron chi connectivity index (χ1n) is 5.39. The number of carbonyl (C=O) groups is 1. The van der Waals surface area contributed by atoms with E-state index in [9.17, 15) is 13.6 Å². The van der Waals surface area contributed by atoms with Crippen molar-refractivity contribution in [2.75, 3.05) is 6.54 Å². The number of alkyl halides is 1. The summed E-state index contributed by atoms with van der Waals surface area (Å²) in [5.74, 6) is -2.00. The molecule has 6 heteroatoms. The second-order valence-corrected chi connectivity index (χ2v) is 5.80. The first kappa shape index (κ1) is 15.4. The van der Waals surface area contributed by atoms with E-state index in [-0.39, 0.29) is 15.4 Å². The summed E-state index contributed by atoms with van der Waals surface area (Å²) in [6.45, 7) is 4.29. The minimum absolute atomic E-state index is 0.0710. The van der Waals surface area contributed by atoms with Gasteiger partial charge in [-0.25, -0.2) is 8.78 Å². The molecule has 0 saturated heterocycles. The maximum absolute atomic E-state index is 13.4. The minimum Gasteiger partial charge on any atom is -0.351 e. The van der Waals surface area contributed by atoms with Gasteiger partial charge in [-0.2, -0.15) is 0 Å². The Morgan fingerprint density at radius 2 is 2.00 bits per heavy atom. The summed E-state index contributed by atoms with van der Waals surface area (Å²) in [5, 5.41) is 2.19. The summed E-state index contributed by atoms with van der Waals surface area (Å²) < 4.78 is 26.6. The smallest absolute Gasteiger partial charge is 0.254 e. The Morgan fingerprint density at radius 1 is 1.39 bits per heavy atom. The van der Waals surface area contributed by atoms with Gasteiger partial charge in [0.2, 0.25) is 0 Å². The molecule has 1 rings (SSSR count). The molecule has 0 bridgehead atoms. The van der Waals surface area contributed by atoms with E-state index in [1.165, 1.54) is 0 Å². The van der Waals surface area contributed by atoms with Crippen molar-refractivity contribution in [3.8, 4) is 0 Å². The molecule has 18 heavy (non-hydrogen) atoms. The number of nitrogens with one attached hydrogen (secondary N) is 1. The van der Waals surface area contributed by atoms with Gasteiger partial charge in [-0.05, 0) is 18.1 Å². The van der Waals surface area contributed by atoms with Crippen LogP contribution in [0.2, 0.25) is 5.02 Å². The van der Waals surface area contributed by atoms with Crippen LogP contribution in [0.3, 0.4) is 0 Å². The SMILES string of the molecule is CC(C)C(Br)CNC(=O)c1cc(F)c(Cl)cc1F. The Balaban J connectivity index is 2.76. The van der Waals surface area contributed by atoms with Gasteiger partial charge in [0.1, 0.15) is 11.6 Å². The second kappa shape index (κ2) is 6.48. The largest absolute Gasteiger partial charge is 0.351 e. The van der Waals surface area contributed by atoms with E-state index in [4.69, 9.17) is 11.6 Å². The molecule has 0 radical (unpaired) electrons. The van der Waals surface area contributed by atoms with Crippen LogP contribution in [0.15, 0.2) is 12.1 Å². The summed E-state index contributed by atoms with van der Waals surface area (Å²) in [7, 11) is 0. The summed E-state index contributed by atoms with van der Waals surface area (Å²) in [5.41, 5.74) is -0.347. The molecule has 0 aliphatic heterocycles. The van der Waals surface area contributed by atoms with Gasteiger partial charge in [-0.15, -0.1) is 0 Å². The van der Waals surface area contributed by atoms with Crippen molar-refractivity contribution in [3.05, 3.63) is 34.4 Å². The number of halogens is 4. The Kier molecular flexibility index (Phi) is 5.53. The van der Waals surface area contributed by atoms with Crippen molar-refractivity contribution in [1.82, 2.24) is 5.32 Å². The van der Waals surface area contributed by atoms with Crippen LogP contribution in [0, 0.1) is 17.6 Å². The molecular weight excluding hydrogens is 327 g/mol. The molecule has 1 unspecified atom stereocenters. The lowest BCUT2D eigenvalue weighted by molar-refractivity contribution is 0.0948. The van der Waals surface area contributed by atoms with Crippen LogP contribution in [0.5, 0.6) is 0 Å². The van der Waals surface area contributed by atoms with Crippen LogP contribution in [0.1, 0.15) is 24.2 Å². The van der Waals surface area contributed by atoms with Gasteiger partial charge >= 0.3 is 0 Å². The molecule has 0 fully saturated rings. The molecular formula is C12H13BrClF2NO. The lowest BCUT2D eigenvalue weighted by Gasteiger charge is -2.14. The first-order chi connectivity index (χ1) is 8.32. The fraction of sp³-hybridized carbons (Fsp3) is 0.417. The van der Waals surface area contributed by atoms with E-state index in [0.717, 1.165) is 12.1 Å². The third-order valence-electron chi connectivity index (χ3n) is 2.44. The molecule has 1 N–H and O–H groups in total. The van der Waals surface area contributed by atoms with E-state index in [1.54, 1.807) is 0 Å². The number of hydrogen-bond donors (Lipinski definition) is 1. The number of amides is 1. The van der Waals surface area contributed by atoms with Crippen molar-refractivity contribution in [1.29, 1.82) is 0 Å². The van der Waals surface area contributed by atoms with Crippen molar-refractivity contribution in [2.24, 2.45) is 5.92 Å². The minimum atomic E-state index is -0.838. The van der Waals surface area contributed by atoms with E-state index < -0.39 is 17.5 Å². The zero-order chi connectivity index (χ0) is 13.9. The zero-order valence-electron chi connectivity index (χ0n) is 9.94. The zero-order valence-corrected chi connectivity index (χ0v) is 12.3. The van der Waals surface area contributed by atoms with Gasteiger partial charge in [-0.3, -0.25) is 4.79 Å². The highest BCUT2D eigenvalue weighted by atomic mass is 79.9. The molecule has 100 valence electrons. The summed E-state index contributed by atoms with van der Waals surface area (Å²) in [6, 6.07) is 1.59. The Labute approximate surface area is 118 Å². The molecule has 1 amide bonds. The molecule has 0 spiro atoms. The molecule has 0 aliphatic rings. The van der Waals surface area contributed by atoms with Crippen molar-refractivity contribution < 1.29 is 13.6 Å². The summed E-state index contributed by atoms with van der Waals surface area (Å²) >= 11 is 8.79. The van der Waals surface area contributed by atoms with E-state index >= 15 is 0 Å². The predicted molar refractivity (Wildman–Crippen MR) is 71.3 cm³/mol. The van der Waals surface area contributed by atoms with E-state index in [0.29, 0.717) is 12.5 Å². The standard InChI is InChI=1S/C12H13BrClF2NO/c1-6(2)8(13)5-17-12(18)7-3-11(16)9(14)4-10(7)15/h3-4,6,8H,5H2,1-2H3,(H,17,18). The highest BCUT2D eigenvalue weighted by molar-refractivity contribution is 9.09. The van der Waals surface area contributed by atoms with Crippen molar-refractivity contribution >= 4 is 33.4 Å². The fourth-order valence-electron chi connectivity index (χ4n) is 1.22. The summed E-state index contributed by atoms with van der Waals surface area (Å²) in [6.07, 6.45) is 0. The molecule has 2 nitrogen and oxygen atoms in total. The number of hydrogen-bond acceptors (Lipinski definition) is 1. The number of carbonyl (C=O) groups excluding carboxylic acids is 1. The maximum atomic E-state index is 13.4. The normalized spacial score (nSPS) is 12.6. The molecule has 0 aromatic heterocycles. The van der Waals surface area contributed by atoms with E-state index in [1.807, 2.05) is 13.8 Å². The molecule has 1 aromatic carbocycles. The third-order valence-corrected chi connectivity index (χ3v) is 4.11. The lowest BCUT2D eigenvalue weighted by atomic mass is 10.1. The van der Waals surface area contributed by atoms with Crippen LogP contribution in [0.4, 0.5) is 8.78 Å². The van der Waals surface area contributed by atoms with Crippen molar-refractivity contribution in [3.63, 3.8) is 0 Å². The van der Waals surface area contributed by atoms with Crippen LogP contribution >= 0.6 is 27.5 Å². The molecule has 1 aromatic rings. The molecule has 0 saturated carbocycles. The Hall–Kier alpha value is -0.680. The average molecular weight is 341 g/mol. The average Bonchev–Trinajstić information content (AvgIpc) is 2.30. The van der Waals surface area contributed by atoms with Gasteiger partial charge in [0, 0.05) is 11.4 Å². The summed E-state index contributed by atoms with van der Waals surface area (Å²) in [4.78, 5) is 11.7. The van der Waals surface area contributed by atoms with Crippen molar-refractivity contribution in [2.45, 2.75) is 18.7 Å². The lowest BCUT2D eigenvalue weighted by Crippen LogP contribution is -2.32. The topological polar surface area (TPSA) is 29.1 Å². The quantitative estimate of drug-likeness (QED) is 0.656. The fourth-order valence-corrected chi connectivity index (χ4v) is 1.53. The highest BCUT2D eigenvalue weighted by Gasteiger charge is 2.17.